The molecule has 1 aliphatic heterocycles. The number of benzene rings is 2. The van der Waals surface area contributed by atoms with E-state index in [4.69, 9.17) is 11.6 Å². The molecule has 0 amide bonds. The van der Waals surface area contributed by atoms with Gasteiger partial charge in [0.15, 0.2) is 0 Å². The zero-order chi connectivity index (χ0) is 12.4. The van der Waals surface area contributed by atoms with Crippen LogP contribution in [0.2, 0.25) is 5.02 Å². The van der Waals surface area contributed by atoms with Crippen molar-refractivity contribution in [3.63, 3.8) is 0 Å². The van der Waals surface area contributed by atoms with Crippen molar-refractivity contribution in [2.45, 2.75) is 6.32 Å². The third-order valence-corrected chi connectivity index (χ3v) is 3.43. The second-order valence-electron chi connectivity index (χ2n) is 4.53. The maximum Gasteiger partial charge on any atom is 0.283 e. The highest BCUT2D eigenvalue weighted by molar-refractivity contribution is 6.68. The van der Waals surface area contributed by atoms with Gasteiger partial charge in [-0.05, 0) is 30.1 Å². The van der Waals surface area contributed by atoms with E-state index in [9.17, 15) is 0 Å². The van der Waals surface area contributed by atoms with E-state index < -0.39 is 0 Å². The highest BCUT2D eigenvalue weighted by atomic mass is 35.5. The van der Waals surface area contributed by atoms with Gasteiger partial charge in [0.25, 0.3) is 6.85 Å². The Morgan fingerprint density at radius 3 is 2.61 bits per heavy atom. The summed E-state index contributed by atoms with van der Waals surface area (Å²) in [5.74, 6) is 2.22. The Morgan fingerprint density at radius 1 is 1.00 bits per heavy atom. The third-order valence-electron chi connectivity index (χ3n) is 3.18. The van der Waals surface area contributed by atoms with Gasteiger partial charge in [-0.15, -0.1) is 0 Å². The van der Waals surface area contributed by atoms with Gasteiger partial charge < -0.3 is 5.23 Å². The standard InChI is InChI=1S/C15H13BClN/c17-14-7-5-12(6-8-14)11-16-10-9-13-3-1-2-4-15(13)18-16/h1-10,18H,11H2. The molecule has 0 fully saturated rings. The van der Waals surface area contributed by atoms with E-state index >= 15 is 0 Å². The van der Waals surface area contributed by atoms with Gasteiger partial charge in [-0.25, -0.2) is 0 Å². The van der Waals surface area contributed by atoms with E-state index in [1.165, 1.54) is 16.8 Å². The maximum absolute atomic E-state index is 5.89. The first-order valence-electron chi connectivity index (χ1n) is 6.09. The van der Waals surface area contributed by atoms with Crippen LogP contribution in [0, 0.1) is 0 Å². The molecule has 1 nitrogen and oxygen atoms in total. The minimum Gasteiger partial charge on any atom is -0.424 e. The van der Waals surface area contributed by atoms with Crippen molar-refractivity contribution in [2.24, 2.45) is 0 Å². The molecular weight excluding hydrogens is 240 g/mol. The largest absolute Gasteiger partial charge is 0.424 e. The normalized spacial score (nSPS) is 13.1. The number of para-hydroxylation sites is 1. The molecule has 0 saturated carbocycles. The van der Waals surface area contributed by atoms with Crippen LogP contribution in [0.15, 0.2) is 54.5 Å². The fourth-order valence-electron chi connectivity index (χ4n) is 2.23. The van der Waals surface area contributed by atoms with Crippen molar-refractivity contribution in [3.8, 4) is 0 Å². The molecule has 2 aromatic carbocycles. The average molecular weight is 254 g/mol. The molecule has 18 heavy (non-hydrogen) atoms. The number of fused-ring (bicyclic) bond motifs is 1. The Balaban J connectivity index is 1.75. The molecule has 3 heteroatoms. The van der Waals surface area contributed by atoms with Crippen LogP contribution in [0.4, 0.5) is 5.69 Å². The lowest BCUT2D eigenvalue weighted by atomic mass is 9.56. The van der Waals surface area contributed by atoms with Crippen LogP contribution in [-0.4, -0.2) is 6.85 Å². The Hall–Kier alpha value is -1.67. The topological polar surface area (TPSA) is 12.0 Å². The lowest BCUT2D eigenvalue weighted by molar-refractivity contribution is 1.35. The van der Waals surface area contributed by atoms with Gasteiger partial charge in [0, 0.05) is 10.7 Å². The van der Waals surface area contributed by atoms with E-state index in [-0.39, 0.29) is 0 Å². The summed E-state index contributed by atoms with van der Waals surface area (Å²) in [6.45, 7) is 0.348. The quantitative estimate of drug-likeness (QED) is 0.795. The first-order chi connectivity index (χ1) is 8.81. The Morgan fingerprint density at radius 2 is 1.78 bits per heavy atom. The molecule has 0 aliphatic carbocycles. The zero-order valence-corrected chi connectivity index (χ0v) is 10.7. The van der Waals surface area contributed by atoms with Gasteiger partial charge in [-0.3, -0.25) is 0 Å². The van der Waals surface area contributed by atoms with Crippen molar-refractivity contribution in [3.05, 3.63) is 70.7 Å². The SMILES string of the molecule is Clc1ccc(CB2C=Cc3ccccc3N2)cc1. The summed E-state index contributed by atoms with van der Waals surface area (Å²) >= 11 is 5.89. The minimum atomic E-state index is 0.348. The summed E-state index contributed by atoms with van der Waals surface area (Å²) in [7, 11) is 0. The molecule has 0 aromatic heterocycles. The highest BCUT2D eigenvalue weighted by Crippen LogP contribution is 2.22. The van der Waals surface area contributed by atoms with Crippen LogP contribution in [0.3, 0.4) is 0 Å². The molecule has 0 bridgehead atoms. The van der Waals surface area contributed by atoms with Crippen molar-refractivity contribution < 1.29 is 0 Å². The van der Waals surface area contributed by atoms with Crippen LogP contribution in [0.5, 0.6) is 0 Å². The van der Waals surface area contributed by atoms with Crippen LogP contribution in [0.25, 0.3) is 6.08 Å². The van der Waals surface area contributed by atoms with Crippen LogP contribution in [-0.2, 0) is 6.32 Å². The molecule has 88 valence electrons. The summed E-state index contributed by atoms with van der Waals surface area (Å²) in [6, 6.07) is 16.4. The first kappa shape index (κ1) is 11.4. The number of hydrogen-bond donors (Lipinski definition) is 1. The van der Waals surface area contributed by atoms with Crippen LogP contribution < -0.4 is 5.23 Å². The second-order valence-corrected chi connectivity index (χ2v) is 4.96. The predicted octanol–water partition coefficient (Wildman–Crippen LogP) is 4.09. The van der Waals surface area contributed by atoms with Gasteiger partial charge in [0.1, 0.15) is 0 Å². The summed E-state index contributed by atoms with van der Waals surface area (Å²) in [5.41, 5.74) is 3.75. The Kier molecular flexibility index (Phi) is 3.12. The smallest absolute Gasteiger partial charge is 0.283 e. The third kappa shape index (κ3) is 2.44. The fraction of sp³-hybridized carbons (Fsp3) is 0.0667. The van der Waals surface area contributed by atoms with Gasteiger partial charge in [0.05, 0.1) is 0 Å². The molecule has 0 atom stereocenters. The molecule has 1 aliphatic rings. The molecule has 1 N–H and O–H groups in total. The van der Waals surface area contributed by atoms with Crippen molar-refractivity contribution in [2.75, 3.05) is 5.23 Å². The zero-order valence-electron chi connectivity index (χ0n) is 9.94. The van der Waals surface area contributed by atoms with Gasteiger partial charge >= 0.3 is 0 Å². The van der Waals surface area contributed by atoms with Gasteiger partial charge in [0.2, 0.25) is 0 Å². The Bertz CT molecular complexity index is 577. The maximum atomic E-state index is 5.89. The molecular formula is C15H13BClN. The lowest BCUT2D eigenvalue weighted by Crippen LogP contribution is -2.28. The van der Waals surface area contributed by atoms with Crippen molar-refractivity contribution in [1.82, 2.24) is 0 Å². The van der Waals surface area contributed by atoms with E-state index in [0.29, 0.717) is 6.85 Å². The number of rotatable bonds is 2. The molecule has 0 spiro atoms. The second kappa shape index (κ2) is 4.91. The molecule has 0 saturated heterocycles. The van der Waals surface area contributed by atoms with Crippen molar-refractivity contribution >= 4 is 30.2 Å². The summed E-state index contributed by atoms with van der Waals surface area (Å²) in [6.07, 6.45) is 3.16. The minimum absolute atomic E-state index is 0.348. The molecule has 2 aromatic rings. The van der Waals surface area contributed by atoms with E-state index in [1.807, 2.05) is 12.1 Å². The van der Waals surface area contributed by atoms with Crippen molar-refractivity contribution in [1.29, 1.82) is 0 Å². The number of anilines is 1. The monoisotopic (exact) mass is 253 g/mol. The summed E-state index contributed by atoms with van der Waals surface area (Å²) < 4.78 is 0. The molecule has 1 heterocycles. The highest BCUT2D eigenvalue weighted by Gasteiger charge is 2.16. The Labute approximate surface area is 113 Å². The molecule has 0 unspecified atom stereocenters. The summed E-state index contributed by atoms with van der Waals surface area (Å²) in [5, 5.41) is 4.33. The van der Waals surface area contributed by atoms with Crippen LogP contribution in [0.1, 0.15) is 11.1 Å². The van der Waals surface area contributed by atoms with Gasteiger partial charge in [-0.1, -0.05) is 59.5 Å². The number of nitrogens with one attached hydrogen (secondary N) is 1. The summed E-state index contributed by atoms with van der Waals surface area (Å²) in [4.78, 5) is 0. The molecule has 0 radical (unpaired) electrons. The van der Waals surface area contributed by atoms with E-state index in [1.54, 1.807) is 0 Å². The molecule has 3 rings (SSSR count). The van der Waals surface area contributed by atoms with E-state index in [0.717, 1.165) is 11.3 Å². The predicted molar refractivity (Wildman–Crippen MR) is 80.0 cm³/mol. The van der Waals surface area contributed by atoms with Gasteiger partial charge in [-0.2, -0.15) is 0 Å². The average Bonchev–Trinajstić information content (AvgIpc) is 2.41. The first-order valence-corrected chi connectivity index (χ1v) is 6.47. The lowest BCUT2D eigenvalue weighted by Gasteiger charge is -2.19. The number of halogens is 1. The fourth-order valence-corrected chi connectivity index (χ4v) is 2.36. The van der Waals surface area contributed by atoms with Crippen LogP contribution >= 0.6 is 11.6 Å². The number of hydrogen-bond acceptors (Lipinski definition) is 1. The van der Waals surface area contributed by atoms with E-state index in [2.05, 4.69) is 53.7 Å².